The number of hydrogen-bond acceptors (Lipinski definition) is 3. The van der Waals surface area contributed by atoms with E-state index < -0.39 is 10.0 Å². The smallest absolute Gasteiger partial charge is 0.243 e. The van der Waals surface area contributed by atoms with E-state index in [9.17, 15) is 13.2 Å². The second-order valence-electron chi connectivity index (χ2n) is 5.51. The van der Waals surface area contributed by atoms with Crippen LogP contribution in [-0.2, 0) is 21.4 Å². The quantitative estimate of drug-likeness (QED) is 0.923. The fourth-order valence-corrected chi connectivity index (χ4v) is 4.27. The van der Waals surface area contributed by atoms with Gasteiger partial charge in [0.15, 0.2) is 0 Å². The fourth-order valence-electron chi connectivity index (χ4n) is 2.57. The summed E-state index contributed by atoms with van der Waals surface area (Å²) in [4.78, 5) is 11.2. The van der Waals surface area contributed by atoms with Gasteiger partial charge in [0, 0.05) is 26.1 Å². The van der Waals surface area contributed by atoms with Crippen molar-refractivity contribution in [2.75, 3.05) is 6.54 Å². The van der Waals surface area contributed by atoms with Gasteiger partial charge in [-0.2, -0.15) is 4.31 Å². The van der Waals surface area contributed by atoms with Crippen LogP contribution in [0.4, 0.5) is 0 Å². The zero-order chi connectivity index (χ0) is 15.5. The zero-order valence-corrected chi connectivity index (χ0v) is 13.3. The van der Waals surface area contributed by atoms with Crippen LogP contribution in [0, 0.1) is 0 Å². The molecule has 21 heavy (non-hydrogen) atoms. The summed E-state index contributed by atoms with van der Waals surface area (Å²) in [6, 6.07) is 6.79. The van der Waals surface area contributed by atoms with Crippen LogP contribution in [0.25, 0.3) is 0 Å². The third-order valence-electron chi connectivity index (χ3n) is 3.81. The molecule has 1 aromatic carbocycles. The molecule has 1 amide bonds. The molecule has 0 radical (unpaired) electrons. The van der Waals surface area contributed by atoms with Crippen LogP contribution in [0.2, 0.25) is 0 Å². The lowest BCUT2D eigenvalue weighted by Crippen LogP contribution is -2.41. The second-order valence-corrected chi connectivity index (χ2v) is 7.40. The first kappa shape index (κ1) is 16.0. The molecule has 1 heterocycles. The van der Waals surface area contributed by atoms with Gasteiger partial charge in [0.2, 0.25) is 15.9 Å². The fraction of sp³-hybridized carbons (Fsp3) is 0.533. The lowest BCUT2D eigenvalue weighted by atomic mass is 10.1. The van der Waals surface area contributed by atoms with Gasteiger partial charge in [-0.1, -0.05) is 18.6 Å². The molecule has 116 valence electrons. The SMILES string of the molecule is CC(=O)NCc1ccc(S(=O)(=O)N2CCCC[C@@H]2C)cc1. The van der Waals surface area contributed by atoms with Crippen molar-refractivity contribution in [1.82, 2.24) is 9.62 Å². The number of carbonyl (C=O) groups excluding carboxylic acids is 1. The summed E-state index contributed by atoms with van der Waals surface area (Å²) in [5.74, 6) is -0.103. The molecule has 0 saturated carbocycles. The van der Waals surface area contributed by atoms with E-state index in [0.717, 1.165) is 24.8 Å². The van der Waals surface area contributed by atoms with Crippen LogP contribution < -0.4 is 5.32 Å². The summed E-state index contributed by atoms with van der Waals surface area (Å²) in [5.41, 5.74) is 0.885. The topological polar surface area (TPSA) is 66.5 Å². The van der Waals surface area contributed by atoms with Gasteiger partial charge in [0.1, 0.15) is 0 Å². The number of benzene rings is 1. The Kier molecular flexibility index (Phi) is 5.00. The van der Waals surface area contributed by atoms with Crippen LogP contribution in [0.1, 0.15) is 38.7 Å². The summed E-state index contributed by atoms with van der Waals surface area (Å²) in [5, 5.41) is 2.69. The highest BCUT2D eigenvalue weighted by Gasteiger charge is 2.30. The van der Waals surface area contributed by atoms with Gasteiger partial charge >= 0.3 is 0 Å². The molecule has 0 aliphatic carbocycles. The Bertz CT molecular complexity index is 596. The number of nitrogens with one attached hydrogen (secondary N) is 1. The maximum atomic E-state index is 12.6. The summed E-state index contributed by atoms with van der Waals surface area (Å²) in [6.07, 6.45) is 2.92. The van der Waals surface area contributed by atoms with Crippen LogP contribution >= 0.6 is 0 Å². The van der Waals surface area contributed by atoms with Gasteiger partial charge in [-0.05, 0) is 37.5 Å². The van der Waals surface area contributed by atoms with Gasteiger partial charge in [-0.15, -0.1) is 0 Å². The second kappa shape index (κ2) is 6.58. The molecule has 1 aliphatic rings. The molecule has 1 atom stereocenters. The van der Waals surface area contributed by atoms with Gasteiger partial charge in [-0.25, -0.2) is 8.42 Å². The Morgan fingerprint density at radius 2 is 1.95 bits per heavy atom. The molecular formula is C15H22N2O3S. The predicted molar refractivity (Wildman–Crippen MR) is 81.2 cm³/mol. The van der Waals surface area contributed by atoms with E-state index in [1.807, 2.05) is 6.92 Å². The van der Waals surface area contributed by atoms with Crippen molar-refractivity contribution in [3.63, 3.8) is 0 Å². The Hall–Kier alpha value is -1.40. The molecule has 0 aromatic heterocycles. The van der Waals surface area contributed by atoms with Gasteiger partial charge in [0.05, 0.1) is 4.90 Å². The van der Waals surface area contributed by atoms with E-state index in [1.165, 1.54) is 6.92 Å². The van der Waals surface area contributed by atoms with Crippen molar-refractivity contribution in [3.8, 4) is 0 Å². The number of hydrogen-bond donors (Lipinski definition) is 1. The maximum absolute atomic E-state index is 12.6. The van der Waals surface area contributed by atoms with Crippen LogP contribution in [0.3, 0.4) is 0 Å². The highest BCUT2D eigenvalue weighted by Crippen LogP contribution is 2.25. The third-order valence-corrected chi connectivity index (χ3v) is 5.84. The molecule has 1 fully saturated rings. The van der Waals surface area contributed by atoms with Crippen molar-refractivity contribution in [2.24, 2.45) is 0 Å². The normalized spacial score (nSPS) is 20.2. The highest BCUT2D eigenvalue weighted by molar-refractivity contribution is 7.89. The lowest BCUT2D eigenvalue weighted by molar-refractivity contribution is -0.119. The molecule has 1 saturated heterocycles. The van der Waals surface area contributed by atoms with Crippen molar-refractivity contribution in [2.45, 2.75) is 50.6 Å². The van der Waals surface area contributed by atoms with Gasteiger partial charge < -0.3 is 5.32 Å². The third kappa shape index (κ3) is 3.83. The molecule has 0 unspecified atom stereocenters. The summed E-state index contributed by atoms with van der Waals surface area (Å²) >= 11 is 0. The van der Waals surface area contributed by atoms with Crippen molar-refractivity contribution in [3.05, 3.63) is 29.8 Å². The number of nitrogens with zero attached hydrogens (tertiary/aromatic N) is 1. The Morgan fingerprint density at radius 1 is 1.29 bits per heavy atom. The number of sulfonamides is 1. The first-order valence-corrected chi connectivity index (χ1v) is 8.70. The summed E-state index contributed by atoms with van der Waals surface area (Å²) in [7, 11) is -3.41. The minimum Gasteiger partial charge on any atom is -0.352 e. The molecule has 0 spiro atoms. The molecule has 1 aliphatic heterocycles. The average molecular weight is 310 g/mol. The van der Waals surface area contributed by atoms with E-state index in [2.05, 4.69) is 5.32 Å². The Morgan fingerprint density at radius 3 is 2.52 bits per heavy atom. The van der Waals surface area contributed by atoms with Crippen molar-refractivity contribution >= 4 is 15.9 Å². The monoisotopic (exact) mass is 310 g/mol. The van der Waals surface area contributed by atoms with E-state index in [-0.39, 0.29) is 11.9 Å². The van der Waals surface area contributed by atoms with Crippen LogP contribution in [0.5, 0.6) is 0 Å². The summed E-state index contributed by atoms with van der Waals surface area (Å²) in [6.45, 7) is 4.42. The molecule has 5 nitrogen and oxygen atoms in total. The molecule has 1 aromatic rings. The van der Waals surface area contributed by atoms with E-state index >= 15 is 0 Å². The van der Waals surface area contributed by atoms with E-state index in [4.69, 9.17) is 0 Å². The van der Waals surface area contributed by atoms with Crippen LogP contribution in [-0.4, -0.2) is 31.2 Å². The lowest BCUT2D eigenvalue weighted by Gasteiger charge is -2.32. The number of piperidine rings is 1. The number of amides is 1. The molecule has 0 bridgehead atoms. The van der Waals surface area contributed by atoms with E-state index in [0.29, 0.717) is 18.0 Å². The van der Waals surface area contributed by atoms with Gasteiger partial charge in [-0.3, -0.25) is 4.79 Å². The Balaban J connectivity index is 2.14. The van der Waals surface area contributed by atoms with Crippen molar-refractivity contribution in [1.29, 1.82) is 0 Å². The number of rotatable bonds is 4. The highest BCUT2D eigenvalue weighted by atomic mass is 32.2. The van der Waals surface area contributed by atoms with Gasteiger partial charge in [0.25, 0.3) is 0 Å². The standard InChI is InChI=1S/C15H22N2O3S/c1-12-5-3-4-10-17(12)21(19,20)15-8-6-14(7-9-15)11-16-13(2)18/h6-9,12H,3-5,10-11H2,1-2H3,(H,16,18)/t12-/m0/s1. The molecule has 1 N–H and O–H groups in total. The molecule has 2 rings (SSSR count). The molecule has 6 heteroatoms. The minimum atomic E-state index is -3.41. The maximum Gasteiger partial charge on any atom is 0.243 e. The van der Waals surface area contributed by atoms with Crippen LogP contribution in [0.15, 0.2) is 29.2 Å². The molecular weight excluding hydrogens is 288 g/mol. The van der Waals surface area contributed by atoms with E-state index in [1.54, 1.807) is 28.6 Å². The van der Waals surface area contributed by atoms with Crippen molar-refractivity contribution < 1.29 is 13.2 Å². The average Bonchev–Trinajstić information content (AvgIpc) is 2.46. The first-order chi connectivity index (χ1) is 9.91. The minimum absolute atomic E-state index is 0.0582. The Labute approximate surface area is 126 Å². The zero-order valence-electron chi connectivity index (χ0n) is 12.5. The first-order valence-electron chi connectivity index (χ1n) is 7.26. The summed E-state index contributed by atoms with van der Waals surface area (Å²) < 4.78 is 26.9. The predicted octanol–water partition coefficient (Wildman–Crippen LogP) is 1.89. The number of carbonyl (C=O) groups is 1. The largest absolute Gasteiger partial charge is 0.352 e.